The SMILES string of the molecule is COc1cc2c(NS(=O)(=O)c3c(OC)cc([C@@H]4COCCO4)cc3OC)noc2cc1Nc1cc(C2CC2)n[nH]1. The molecule has 3 N–H and O–H groups in total. The monoisotopic (exact) mass is 571 g/mol. The van der Waals surface area contributed by atoms with E-state index in [1.807, 2.05) is 6.07 Å². The maximum Gasteiger partial charge on any atom is 0.270 e. The predicted molar refractivity (Wildman–Crippen MR) is 144 cm³/mol. The van der Waals surface area contributed by atoms with Crippen LogP contribution in [0, 0.1) is 0 Å². The predicted octanol–water partition coefficient (Wildman–Crippen LogP) is 4.09. The Kier molecular flexibility index (Phi) is 6.90. The fraction of sp³-hybridized carbons (Fsp3) is 0.385. The van der Waals surface area contributed by atoms with E-state index in [0.717, 1.165) is 18.5 Å². The second-order valence-corrected chi connectivity index (χ2v) is 11.1. The number of aromatic amines is 1. The number of H-pyrrole nitrogens is 1. The lowest BCUT2D eigenvalue weighted by Crippen LogP contribution is -2.22. The fourth-order valence-electron chi connectivity index (χ4n) is 4.65. The summed E-state index contributed by atoms with van der Waals surface area (Å²) in [5.41, 5.74) is 2.62. The first kappa shape index (κ1) is 26.2. The summed E-state index contributed by atoms with van der Waals surface area (Å²) in [7, 11) is 0.0346. The van der Waals surface area contributed by atoms with Gasteiger partial charge in [0.2, 0.25) is 0 Å². The van der Waals surface area contributed by atoms with Crippen molar-refractivity contribution in [3.63, 3.8) is 0 Å². The molecule has 0 bridgehead atoms. The van der Waals surface area contributed by atoms with E-state index in [1.165, 1.54) is 21.3 Å². The van der Waals surface area contributed by atoms with Gasteiger partial charge >= 0.3 is 0 Å². The van der Waals surface area contributed by atoms with Crippen LogP contribution >= 0.6 is 0 Å². The number of ether oxygens (including phenoxy) is 5. The lowest BCUT2D eigenvalue weighted by atomic mass is 10.1. The van der Waals surface area contributed by atoms with E-state index >= 15 is 0 Å². The zero-order valence-corrected chi connectivity index (χ0v) is 23.0. The molecule has 2 aromatic heterocycles. The summed E-state index contributed by atoms with van der Waals surface area (Å²) in [4.78, 5) is -0.190. The molecule has 1 saturated carbocycles. The molecule has 40 heavy (non-hydrogen) atoms. The van der Waals surface area contributed by atoms with Gasteiger partial charge < -0.3 is 33.5 Å². The lowest BCUT2D eigenvalue weighted by Gasteiger charge is -2.25. The van der Waals surface area contributed by atoms with Crippen LogP contribution in [0.15, 0.2) is 39.8 Å². The average Bonchev–Trinajstić information content (AvgIpc) is 3.61. The van der Waals surface area contributed by atoms with Gasteiger partial charge in [0.25, 0.3) is 10.0 Å². The van der Waals surface area contributed by atoms with Crippen LogP contribution < -0.4 is 24.2 Å². The zero-order valence-electron chi connectivity index (χ0n) is 22.1. The Hall–Kier alpha value is -4.01. The first-order valence-corrected chi connectivity index (χ1v) is 14.2. The number of aromatic nitrogens is 3. The number of hydrogen-bond donors (Lipinski definition) is 3. The quantitative estimate of drug-likeness (QED) is 0.252. The Labute approximate surface area is 230 Å². The first-order chi connectivity index (χ1) is 19.4. The molecule has 3 heterocycles. The molecule has 0 spiro atoms. The van der Waals surface area contributed by atoms with E-state index in [0.29, 0.717) is 59.5 Å². The third-order valence-electron chi connectivity index (χ3n) is 6.83. The van der Waals surface area contributed by atoms with Crippen molar-refractivity contribution in [3.05, 3.63) is 41.6 Å². The molecule has 2 fully saturated rings. The molecule has 6 rings (SSSR count). The molecule has 1 aliphatic heterocycles. The Bertz CT molecular complexity index is 1610. The number of nitrogens with zero attached hydrogens (tertiary/aromatic N) is 2. The van der Waals surface area contributed by atoms with Crippen molar-refractivity contribution in [1.29, 1.82) is 0 Å². The minimum Gasteiger partial charge on any atom is -0.495 e. The Morgan fingerprint density at radius 2 is 1.73 bits per heavy atom. The third-order valence-corrected chi connectivity index (χ3v) is 8.23. The molecule has 0 amide bonds. The van der Waals surface area contributed by atoms with Crippen LogP contribution in [0.4, 0.5) is 17.3 Å². The number of rotatable bonds is 10. The Morgan fingerprint density at radius 1 is 0.975 bits per heavy atom. The molecule has 14 heteroatoms. The van der Waals surface area contributed by atoms with Gasteiger partial charge in [-0.25, -0.2) is 8.42 Å². The van der Waals surface area contributed by atoms with Gasteiger partial charge in [0, 0.05) is 18.1 Å². The highest BCUT2D eigenvalue weighted by molar-refractivity contribution is 7.93. The van der Waals surface area contributed by atoms with Crippen LogP contribution in [0.3, 0.4) is 0 Å². The maximum absolute atomic E-state index is 13.7. The van der Waals surface area contributed by atoms with Gasteiger partial charge in [-0.05, 0) is 36.6 Å². The van der Waals surface area contributed by atoms with Crippen LogP contribution in [-0.2, 0) is 19.5 Å². The van der Waals surface area contributed by atoms with Crippen molar-refractivity contribution in [1.82, 2.24) is 15.4 Å². The van der Waals surface area contributed by atoms with Crippen LogP contribution in [0.1, 0.15) is 36.1 Å². The Balaban J connectivity index is 1.31. The van der Waals surface area contributed by atoms with E-state index < -0.39 is 10.0 Å². The zero-order chi connectivity index (χ0) is 27.9. The molecule has 1 saturated heterocycles. The molecule has 1 aliphatic carbocycles. The first-order valence-electron chi connectivity index (χ1n) is 12.7. The summed E-state index contributed by atoms with van der Waals surface area (Å²) in [5, 5.41) is 15.0. The summed E-state index contributed by atoms with van der Waals surface area (Å²) in [6.07, 6.45) is 1.91. The standard InChI is InChI=1S/C26H29N5O8S/c1-34-20-10-16-19(11-18(20)27-24-12-17(28-29-24)14-4-5-14)39-30-26(16)31-40(32,33)25-21(35-2)8-15(9-22(25)36-3)23-13-37-6-7-38-23/h8-12,14,23H,4-7,13H2,1-3H3,(H,30,31)(H2,27,28,29)/t23-/m0/s1. The van der Waals surface area contributed by atoms with Gasteiger partial charge in [0.05, 0.1) is 57.9 Å². The number of fused-ring (bicyclic) bond motifs is 1. The molecule has 0 unspecified atom stereocenters. The average molecular weight is 572 g/mol. The molecule has 2 aliphatic rings. The second-order valence-electron chi connectivity index (χ2n) is 9.48. The minimum atomic E-state index is -4.25. The van der Waals surface area contributed by atoms with Crippen LogP contribution in [0.5, 0.6) is 17.2 Å². The van der Waals surface area contributed by atoms with E-state index in [1.54, 1.807) is 24.3 Å². The largest absolute Gasteiger partial charge is 0.495 e. The summed E-state index contributed by atoms with van der Waals surface area (Å²) in [6, 6.07) is 8.48. The fourth-order valence-corrected chi connectivity index (χ4v) is 5.97. The number of nitrogens with one attached hydrogen (secondary N) is 3. The highest BCUT2D eigenvalue weighted by atomic mass is 32.2. The van der Waals surface area contributed by atoms with Gasteiger partial charge in [0.15, 0.2) is 16.3 Å². The van der Waals surface area contributed by atoms with E-state index in [2.05, 4.69) is 25.4 Å². The summed E-state index contributed by atoms with van der Waals surface area (Å²) in [5.74, 6) is 1.80. The minimum absolute atomic E-state index is 0.0189. The van der Waals surface area contributed by atoms with Gasteiger partial charge in [-0.3, -0.25) is 9.82 Å². The number of benzene rings is 2. The van der Waals surface area contributed by atoms with E-state index in [9.17, 15) is 8.42 Å². The van der Waals surface area contributed by atoms with Crippen LogP contribution in [-0.4, -0.2) is 64.9 Å². The van der Waals surface area contributed by atoms with Crippen molar-refractivity contribution < 1.29 is 36.6 Å². The topological polar surface area (TPSA) is 159 Å². The van der Waals surface area contributed by atoms with Gasteiger partial charge in [-0.1, -0.05) is 5.16 Å². The van der Waals surface area contributed by atoms with Crippen molar-refractivity contribution in [2.45, 2.75) is 29.8 Å². The molecular weight excluding hydrogens is 542 g/mol. The molecule has 1 atom stereocenters. The summed E-state index contributed by atoms with van der Waals surface area (Å²) < 4.78 is 63.0. The smallest absolute Gasteiger partial charge is 0.270 e. The number of methoxy groups -OCH3 is 3. The van der Waals surface area contributed by atoms with Crippen LogP contribution in [0.25, 0.3) is 11.0 Å². The Morgan fingerprint density at radius 3 is 2.38 bits per heavy atom. The van der Waals surface area contributed by atoms with E-state index in [4.69, 9.17) is 28.2 Å². The number of sulfonamides is 1. The normalized spacial score (nSPS) is 17.5. The van der Waals surface area contributed by atoms with Gasteiger partial charge in [-0.2, -0.15) is 5.10 Å². The summed E-state index contributed by atoms with van der Waals surface area (Å²) >= 11 is 0. The molecular formula is C26H29N5O8S. The van der Waals surface area contributed by atoms with Crippen molar-refractivity contribution >= 4 is 38.3 Å². The highest BCUT2D eigenvalue weighted by Gasteiger charge is 2.30. The molecule has 2 aromatic carbocycles. The lowest BCUT2D eigenvalue weighted by molar-refractivity contribution is -0.0902. The second kappa shape index (κ2) is 10.5. The van der Waals surface area contributed by atoms with Crippen LogP contribution in [0.2, 0.25) is 0 Å². The van der Waals surface area contributed by atoms with E-state index in [-0.39, 0.29) is 28.3 Å². The molecule has 212 valence electrons. The third kappa shape index (κ3) is 5.00. The molecule has 0 radical (unpaired) electrons. The number of hydrogen-bond acceptors (Lipinski definition) is 11. The number of anilines is 3. The van der Waals surface area contributed by atoms with Gasteiger partial charge in [0.1, 0.15) is 29.2 Å². The molecule has 4 aromatic rings. The van der Waals surface area contributed by atoms with Crippen molar-refractivity contribution in [2.75, 3.05) is 51.2 Å². The highest BCUT2D eigenvalue weighted by Crippen LogP contribution is 2.42. The van der Waals surface area contributed by atoms with Crippen molar-refractivity contribution in [3.8, 4) is 17.2 Å². The maximum atomic E-state index is 13.7. The summed E-state index contributed by atoms with van der Waals surface area (Å²) in [6.45, 7) is 1.27. The molecule has 13 nitrogen and oxygen atoms in total. The van der Waals surface area contributed by atoms with Crippen molar-refractivity contribution in [2.24, 2.45) is 0 Å². The van der Waals surface area contributed by atoms with Gasteiger partial charge in [-0.15, -0.1) is 0 Å².